The van der Waals surface area contributed by atoms with Gasteiger partial charge in [0.15, 0.2) is 0 Å². The summed E-state index contributed by atoms with van der Waals surface area (Å²) in [5.41, 5.74) is 1.67. The number of benzene rings is 1. The SMILES string of the molecule is Cc1cccc2c1sc(=O)n2CC(=O)NCC(=O)O. The first-order valence-electron chi connectivity index (χ1n) is 5.56. The molecule has 7 heteroatoms. The Labute approximate surface area is 112 Å². The number of nitrogens with zero attached hydrogens (tertiary/aromatic N) is 1. The van der Waals surface area contributed by atoms with E-state index in [1.54, 1.807) is 6.07 Å². The molecule has 0 unspecified atom stereocenters. The zero-order valence-electron chi connectivity index (χ0n) is 10.2. The molecule has 1 aromatic heterocycles. The summed E-state index contributed by atoms with van der Waals surface area (Å²) in [6.07, 6.45) is 0. The summed E-state index contributed by atoms with van der Waals surface area (Å²) in [4.78, 5) is 33.5. The number of rotatable bonds is 4. The third-order valence-corrected chi connectivity index (χ3v) is 3.76. The molecule has 0 saturated heterocycles. The number of aliphatic carboxylic acids is 1. The van der Waals surface area contributed by atoms with E-state index in [1.807, 2.05) is 19.1 Å². The maximum absolute atomic E-state index is 11.8. The fraction of sp³-hybridized carbons (Fsp3) is 0.250. The second-order valence-corrected chi connectivity index (χ2v) is 5.01. The molecule has 0 fully saturated rings. The summed E-state index contributed by atoms with van der Waals surface area (Å²) in [7, 11) is 0. The molecule has 100 valence electrons. The van der Waals surface area contributed by atoms with E-state index in [2.05, 4.69) is 5.32 Å². The van der Waals surface area contributed by atoms with Gasteiger partial charge >= 0.3 is 10.8 Å². The Morgan fingerprint density at radius 2 is 2.16 bits per heavy atom. The van der Waals surface area contributed by atoms with E-state index < -0.39 is 18.4 Å². The van der Waals surface area contributed by atoms with Gasteiger partial charge in [0, 0.05) is 0 Å². The van der Waals surface area contributed by atoms with Gasteiger partial charge in [-0.05, 0) is 18.6 Å². The summed E-state index contributed by atoms with van der Waals surface area (Å²) in [5.74, 6) is -1.61. The number of aromatic nitrogens is 1. The molecule has 1 amide bonds. The summed E-state index contributed by atoms with van der Waals surface area (Å²) < 4.78 is 2.20. The van der Waals surface area contributed by atoms with Gasteiger partial charge in [-0.25, -0.2) is 0 Å². The van der Waals surface area contributed by atoms with Crippen LogP contribution in [0, 0.1) is 6.92 Å². The van der Waals surface area contributed by atoms with Crippen molar-refractivity contribution in [3.8, 4) is 0 Å². The number of thiazole rings is 1. The highest BCUT2D eigenvalue weighted by Gasteiger charge is 2.12. The van der Waals surface area contributed by atoms with Crippen LogP contribution in [0.1, 0.15) is 5.56 Å². The van der Waals surface area contributed by atoms with E-state index in [0.717, 1.165) is 21.6 Å². The smallest absolute Gasteiger partial charge is 0.322 e. The fourth-order valence-electron chi connectivity index (χ4n) is 1.75. The molecule has 2 aromatic rings. The van der Waals surface area contributed by atoms with E-state index in [0.29, 0.717) is 5.52 Å². The zero-order valence-corrected chi connectivity index (χ0v) is 11.0. The largest absolute Gasteiger partial charge is 0.480 e. The van der Waals surface area contributed by atoms with Gasteiger partial charge in [-0.3, -0.25) is 19.0 Å². The predicted molar refractivity (Wildman–Crippen MR) is 71.5 cm³/mol. The molecule has 0 spiro atoms. The molecule has 0 aliphatic carbocycles. The molecule has 0 bridgehead atoms. The Morgan fingerprint density at radius 3 is 2.84 bits per heavy atom. The fourth-order valence-corrected chi connectivity index (χ4v) is 2.71. The van der Waals surface area contributed by atoms with Crippen LogP contribution >= 0.6 is 11.3 Å². The van der Waals surface area contributed by atoms with Gasteiger partial charge in [-0.1, -0.05) is 23.5 Å². The maximum atomic E-state index is 11.8. The number of carboxylic acid groups (broad SMARTS) is 1. The molecular weight excluding hydrogens is 268 g/mol. The van der Waals surface area contributed by atoms with Gasteiger partial charge in [-0.15, -0.1) is 0 Å². The topological polar surface area (TPSA) is 88.4 Å². The second-order valence-electron chi connectivity index (χ2n) is 4.05. The molecule has 1 aromatic carbocycles. The molecular formula is C12H12N2O4S. The van der Waals surface area contributed by atoms with Crippen LogP contribution in [0.5, 0.6) is 0 Å². The Kier molecular flexibility index (Phi) is 3.66. The van der Waals surface area contributed by atoms with Crippen molar-refractivity contribution in [3.05, 3.63) is 33.4 Å². The van der Waals surface area contributed by atoms with E-state index in [-0.39, 0.29) is 11.4 Å². The summed E-state index contributed by atoms with van der Waals surface area (Å²) in [6.45, 7) is 1.28. The van der Waals surface area contributed by atoms with Gasteiger partial charge in [0.25, 0.3) is 0 Å². The quantitative estimate of drug-likeness (QED) is 0.857. The van der Waals surface area contributed by atoms with E-state index in [9.17, 15) is 14.4 Å². The molecule has 2 N–H and O–H groups in total. The first-order chi connectivity index (χ1) is 8.99. The number of aryl methyl sites for hydroxylation is 1. The third kappa shape index (κ3) is 2.82. The molecule has 0 saturated carbocycles. The maximum Gasteiger partial charge on any atom is 0.322 e. The number of hydrogen-bond acceptors (Lipinski definition) is 4. The highest BCUT2D eigenvalue weighted by atomic mass is 32.1. The van der Waals surface area contributed by atoms with Crippen LogP contribution in [0.4, 0.5) is 0 Å². The van der Waals surface area contributed by atoms with E-state index in [1.165, 1.54) is 4.57 Å². The lowest BCUT2D eigenvalue weighted by Gasteiger charge is -2.04. The molecule has 19 heavy (non-hydrogen) atoms. The number of carbonyl (C=O) groups excluding carboxylic acids is 1. The molecule has 0 radical (unpaired) electrons. The molecule has 2 rings (SSSR count). The molecule has 0 atom stereocenters. The number of nitrogens with one attached hydrogen (secondary N) is 1. The standard InChI is InChI=1S/C12H12N2O4S/c1-7-3-2-4-8-11(7)19-12(18)14(8)6-9(15)13-5-10(16)17/h2-4H,5-6H2,1H3,(H,13,15)(H,16,17). The highest BCUT2D eigenvalue weighted by Crippen LogP contribution is 2.20. The average molecular weight is 280 g/mol. The van der Waals surface area contributed by atoms with Crippen molar-refractivity contribution in [2.24, 2.45) is 0 Å². The van der Waals surface area contributed by atoms with Gasteiger partial charge in [0.1, 0.15) is 13.1 Å². The Hall–Kier alpha value is -2.15. The Morgan fingerprint density at radius 1 is 1.42 bits per heavy atom. The number of amides is 1. The van der Waals surface area contributed by atoms with Crippen molar-refractivity contribution < 1.29 is 14.7 Å². The van der Waals surface area contributed by atoms with Crippen LogP contribution in [0.15, 0.2) is 23.0 Å². The van der Waals surface area contributed by atoms with Crippen LogP contribution in [0.25, 0.3) is 10.2 Å². The van der Waals surface area contributed by atoms with E-state index >= 15 is 0 Å². The van der Waals surface area contributed by atoms with Crippen molar-refractivity contribution in [2.75, 3.05) is 6.54 Å². The molecule has 6 nitrogen and oxygen atoms in total. The number of carboxylic acids is 1. The minimum atomic E-state index is -1.12. The van der Waals surface area contributed by atoms with Crippen LogP contribution in [0.2, 0.25) is 0 Å². The number of hydrogen-bond donors (Lipinski definition) is 2. The van der Waals surface area contributed by atoms with Gasteiger partial charge in [0.05, 0.1) is 10.2 Å². The van der Waals surface area contributed by atoms with Crippen LogP contribution in [0.3, 0.4) is 0 Å². The first kappa shape index (κ1) is 13.3. The minimum absolute atomic E-state index is 0.171. The van der Waals surface area contributed by atoms with Gasteiger partial charge < -0.3 is 10.4 Å². The molecule has 1 heterocycles. The highest BCUT2D eigenvalue weighted by molar-refractivity contribution is 7.16. The normalized spacial score (nSPS) is 10.6. The number of fused-ring (bicyclic) bond motifs is 1. The van der Waals surface area contributed by atoms with Gasteiger partial charge in [-0.2, -0.15) is 0 Å². The monoisotopic (exact) mass is 280 g/mol. The summed E-state index contributed by atoms with van der Waals surface area (Å²) in [6, 6.07) is 5.48. The number of carbonyl (C=O) groups is 2. The van der Waals surface area contributed by atoms with Crippen molar-refractivity contribution in [2.45, 2.75) is 13.5 Å². The van der Waals surface area contributed by atoms with Crippen molar-refractivity contribution >= 4 is 33.4 Å². The van der Waals surface area contributed by atoms with Gasteiger partial charge in [0.2, 0.25) is 5.91 Å². The zero-order chi connectivity index (χ0) is 14.0. The van der Waals surface area contributed by atoms with Crippen molar-refractivity contribution in [3.63, 3.8) is 0 Å². The summed E-state index contributed by atoms with van der Waals surface area (Å²) in [5, 5.41) is 10.7. The van der Waals surface area contributed by atoms with Crippen LogP contribution in [-0.2, 0) is 16.1 Å². The lowest BCUT2D eigenvalue weighted by molar-refractivity contribution is -0.138. The summed E-state index contributed by atoms with van der Waals surface area (Å²) >= 11 is 1.08. The first-order valence-corrected chi connectivity index (χ1v) is 6.38. The third-order valence-electron chi connectivity index (χ3n) is 2.63. The minimum Gasteiger partial charge on any atom is -0.480 e. The van der Waals surface area contributed by atoms with E-state index in [4.69, 9.17) is 5.11 Å². The second kappa shape index (κ2) is 5.23. The average Bonchev–Trinajstić information content (AvgIpc) is 2.66. The van der Waals surface area contributed by atoms with Crippen molar-refractivity contribution in [1.29, 1.82) is 0 Å². The van der Waals surface area contributed by atoms with Crippen LogP contribution < -0.4 is 10.2 Å². The lowest BCUT2D eigenvalue weighted by atomic mass is 10.2. The van der Waals surface area contributed by atoms with Crippen LogP contribution in [-0.4, -0.2) is 28.1 Å². The lowest BCUT2D eigenvalue weighted by Crippen LogP contribution is -2.34. The molecule has 0 aliphatic rings. The molecule has 0 aliphatic heterocycles. The predicted octanol–water partition coefficient (Wildman–Crippen LogP) is 0.572. The Balaban J connectivity index is 2.28. The Bertz CT molecular complexity index is 701. The van der Waals surface area contributed by atoms with Crippen molar-refractivity contribution in [1.82, 2.24) is 9.88 Å².